The third-order valence-corrected chi connectivity index (χ3v) is 4.23. The standard InChI is InChI=1S/C20H24N4O/c1-14(2)19-20(23-13-7-6-8-18(23)21-19)24(15(3)25)17-11-9-16(10-12-17)22(4)5/h6-14H,1-5H3. The lowest BCUT2D eigenvalue weighted by atomic mass is 10.1. The van der Waals surface area contributed by atoms with Crippen molar-refractivity contribution in [1.82, 2.24) is 9.38 Å². The highest BCUT2D eigenvalue weighted by Crippen LogP contribution is 2.34. The van der Waals surface area contributed by atoms with Crippen LogP contribution >= 0.6 is 0 Å². The van der Waals surface area contributed by atoms with Gasteiger partial charge in [0.15, 0.2) is 0 Å². The molecule has 0 aliphatic carbocycles. The quantitative estimate of drug-likeness (QED) is 0.717. The predicted octanol–water partition coefficient (Wildman–Crippen LogP) is 4.21. The highest BCUT2D eigenvalue weighted by molar-refractivity contribution is 5.99. The number of benzene rings is 1. The number of carbonyl (C=O) groups is 1. The van der Waals surface area contributed by atoms with Gasteiger partial charge < -0.3 is 4.90 Å². The van der Waals surface area contributed by atoms with E-state index in [9.17, 15) is 4.79 Å². The van der Waals surface area contributed by atoms with Crippen molar-refractivity contribution in [3.63, 3.8) is 0 Å². The first-order valence-electron chi connectivity index (χ1n) is 8.45. The smallest absolute Gasteiger partial charge is 0.229 e. The summed E-state index contributed by atoms with van der Waals surface area (Å²) in [5.74, 6) is 0.985. The van der Waals surface area contributed by atoms with Gasteiger partial charge in [-0.2, -0.15) is 0 Å². The van der Waals surface area contributed by atoms with Crippen molar-refractivity contribution in [2.24, 2.45) is 0 Å². The van der Waals surface area contributed by atoms with Crippen molar-refractivity contribution in [2.45, 2.75) is 26.7 Å². The van der Waals surface area contributed by atoms with Gasteiger partial charge in [0.05, 0.1) is 11.4 Å². The first-order chi connectivity index (χ1) is 11.9. The third-order valence-electron chi connectivity index (χ3n) is 4.23. The molecule has 2 heterocycles. The van der Waals surface area contributed by atoms with E-state index < -0.39 is 0 Å². The first kappa shape index (κ1) is 17.0. The summed E-state index contributed by atoms with van der Waals surface area (Å²) in [6, 6.07) is 13.9. The zero-order valence-corrected chi connectivity index (χ0v) is 15.4. The number of pyridine rings is 1. The molecular weight excluding hydrogens is 312 g/mol. The highest BCUT2D eigenvalue weighted by atomic mass is 16.2. The van der Waals surface area contributed by atoms with Crippen LogP contribution in [0.4, 0.5) is 17.2 Å². The molecule has 25 heavy (non-hydrogen) atoms. The Morgan fingerprint density at radius 1 is 1.04 bits per heavy atom. The Morgan fingerprint density at radius 2 is 1.68 bits per heavy atom. The Morgan fingerprint density at radius 3 is 2.24 bits per heavy atom. The van der Waals surface area contributed by atoms with Gasteiger partial charge in [-0.1, -0.05) is 19.9 Å². The molecule has 0 atom stereocenters. The second-order valence-corrected chi connectivity index (χ2v) is 6.67. The van der Waals surface area contributed by atoms with Crippen LogP contribution in [0.1, 0.15) is 32.4 Å². The van der Waals surface area contributed by atoms with E-state index in [1.54, 1.807) is 11.8 Å². The van der Waals surface area contributed by atoms with E-state index in [1.807, 2.05) is 72.1 Å². The van der Waals surface area contributed by atoms with E-state index in [1.165, 1.54) is 0 Å². The van der Waals surface area contributed by atoms with Crippen LogP contribution in [0, 0.1) is 0 Å². The number of aromatic nitrogens is 2. The zero-order valence-electron chi connectivity index (χ0n) is 15.4. The molecule has 5 nitrogen and oxygen atoms in total. The number of rotatable bonds is 4. The van der Waals surface area contributed by atoms with E-state index in [-0.39, 0.29) is 11.8 Å². The molecule has 0 aliphatic heterocycles. The molecule has 0 fully saturated rings. The number of fused-ring (bicyclic) bond motifs is 1. The maximum absolute atomic E-state index is 12.6. The molecular formula is C20H24N4O. The lowest BCUT2D eigenvalue weighted by Gasteiger charge is -2.24. The summed E-state index contributed by atoms with van der Waals surface area (Å²) in [5, 5.41) is 0. The van der Waals surface area contributed by atoms with Gasteiger partial charge >= 0.3 is 0 Å². The van der Waals surface area contributed by atoms with Crippen LogP contribution in [0.2, 0.25) is 0 Å². The first-order valence-corrected chi connectivity index (χ1v) is 8.45. The summed E-state index contributed by atoms with van der Waals surface area (Å²) >= 11 is 0. The Bertz CT molecular complexity index is 894. The maximum Gasteiger partial charge on any atom is 0.229 e. The fraction of sp³-hybridized carbons (Fsp3) is 0.300. The fourth-order valence-corrected chi connectivity index (χ4v) is 2.96. The number of nitrogens with zero attached hydrogens (tertiary/aromatic N) is 4. The van der Waals surface area contributed by atoms with Crippen LogP contribution in [0.15, 0.2) is 48.7 Å². The van der Waals surface area contributed by atoms with Gasteiger partial charge in [-0.15, -0.1) is 0 Å². The zero-order chi connectivity index (χ0) is 18.1. The van der Waals surface area contributed by atoms with Crippen LogP contribution in [-0.4, -0.2) is 29.4 Å². The summed E-state index contributed by atoms with van der Waals surface area (Å²) < 4.78 is 1.98. The molecule has 1 aromatic carbocycles. The van der Waals surface area contributed by atoms with Gasteiger partial charge in [0, 0.05) is 32.9 Å². The molecule has 2 aromatic heterocycles. The molecule has 3 aromatic rings. The highest BCUT2D eigenvalue weighted by Gasteiger charge is 2.24. The van der Waals surface area contributed by atoms with Gasteiger partial charge in [0.1, 0.15) is 11.5 Å². The SMILES string of the molecule is CC(=O)N(c1ccc(N(C)C)cc1)c1c(C(C)C)nc2ccccn12. The largest absolute Gasteiger partial charge is 0.378 e. The molecule has 3 rings (SSSR count). The van der Waals surface area contributed by atoms with E-state index >= 15 is 0 Å². The molecule has 0 unspecified atom stereocenters. The average molecular weight is 336 g/mol. The van der Waals surface area contributed by atoms with E-state index in [0.717, 1.165) is 28.5 Å². The Labute approximate surface area is 148 Å². The summed E-state index contributed by atoms with van der Waals surface area (Å²) in [6.45, 7) is 5.78. The topological polar surface area (TPSA) is 40.9 Å². The van der Waals surface area contributed by atoms with Gasteiger partial charge in [-0.25, -0.2) is 4.98 Å². The lowest BCUT2D eigenvalue weighted by Crippen LogP contribution is -2.25. The minimum Gasteiger partial charge on any atom is -0.378 e. The second-order valence-electron chi connectivity index (χ2n) is 6.67. The third kappa shape index (κ3) is 3.09. The van der Waals surface area contributed by atoms with Gasteiger partial charge in [-0.05, 0) is 42.3 Å². The summed E-state index contributed by atoms with van der Waals surface area (Å²) in [5.41, 5.74) is 3.69. The number of anilines is 3. The van der Waals surface area contributed by atoms with E-state index in [0.29, 0.717) is 0 Å². The van der Waals surface area contributed by atoms with Crippen LogP contribution in [0.3, 0.4) is 0 Å². The Hall–Kier alpha value is -2.82. The van der Waals surface area contributed by atoms with Crippen LogP contribution in [0.5, 0.6) is 0 Å². The van der Waals surface area contributed by atoms with Crippen molar-refractivity contribution in [1.29, 1.82) is 0 Å². The average Bonchev–Trinajstić information content (AvgIpc) is 2.95. The van der Waals surface area contributed by atoms with Gasteiger partial charge in [0.2, 0.25) is 5.91 Å². The predicted molar refractivity (Wildman–Crippen MR) is 103 cm³/mol. The number of carbonyl (C=O) groups excluding carboxylic acids is 1. The lowest BCUT2D eigenvalue weighted by molar-refractivity contribution is -0.115. The number of hydrogen-bond donors (Lipinski definition) is 0. The number of amides is 1. The Kier molecular flexibility index (Phi) is 4.49. The molecule has 5 heteroatoms. The summed E-state index contributed by atoms with van der Waals surface area (Å²) in [4.78, 5) is 21.1. The van der Waals surface area contributed by atoms with Crippen molar-refractivity contribution in [2.75, 3.05) is 23.9 Å². The van der Waals surface area contributed by atoms with Crippen LogP contribution < -0.4 is 9.80 Å². The monoisotopic (exact) mass is 336 g/mol. The normalized spacial score (nSPS) is 11.1. The molecule has 0 bridgehead atoms. The molecule has 1 amide bonds. The van der Waals surface area contributed by atoms with Crippen molar-refractivity contribution >= 4 is 28.7 Å². The van der Waals surface area contributed by atoms with Crippen molar-refractivity contribution < 1.29 is 4.79 Å². The number of hydrogen-bond acceptors (Lipinski definition) is 3. The molecule has 0 aliphatic rings. The summed E-state index contributed by atoms with van der Waals surface area (Å²) in [7, 11) is 4.00. The fourth-order valence-electron chi connectivity index (χ4n) is 2.96. The van der Waals surface area contributed by atoms with Crippen molar-refractivity contribution in [3.05, 3.63) is 54.4 Å². The Balaban J connectivity index is 2.20. The second kappa shape index (κ2) is 6.59. The van der Waals surface area contributed by atoms with E-state index in [4.69, 9.17) is 4.98 Å². The van der Waals surface area contributed by atoms with E-state index in [2.05, 4.69) is 13.8 Å². The molecule has 0 radical (unpaired) electrons. The minimum absolute atomic E-state index is 0.0369. The van der Waals surface area contributed by atoms with Gasteiger partial charge in [-0.3, -0.25) is 14.1 Å². The van der Waals surface area contributed by atoms with Gasteiger partial charge in [0.25, 0.3) is 0 Å². The molecule has 130 valence electrons. The maximum atomic E-state index is 12.6. The van der Waals surface area contributed by atoms with Crippen LogP contribution in [-0.2, 0) is 4.79 Å². The number of imidazole rings is 1. The molecule has 0 N–H and O–H groups in total. The minimum atomic E-state index is -0.0369. The molecule has 0 saturated carbocycles. The summed E-state index contributed by atoms with van der Waals surface area (Å²) in [6.07, 6.45) is 1.95. The van der Waals surface area contributed by atoms with Crippen molar-refractivity contribution in [3.8, 4) is 0 Å². The molecule has 0 spiro atoms. The van der Waals surface area contributed by atoms with Crippen LogP contribution in [0.25, 0.3) is 5.65 Å². The molecule has 0 saturated heterocycles.